The van der Waals surface area contributed by atoms with E-state index >= 15 is 0 Å². The van der Waals surface area contributed by atoms with Gasteiger partial charge in [-0.3, -0.25) is 0 Å². The number of ether oxygens (including phenoxy) is 2. The third-order valence-corrected chi connectivity index (χ3v) is 18.1. The maximum absolute atomic E-state index is 13.6. The standard InChI is InChI=1S/C47H84NO3/c1-11-12-13-14-15-16-17-18-19-20-21-22-33-48(9,10)34-39(49)50-38-26-27-44(6)36(43(38,4)5)25-28-46(8)37(44)24-23-35-40-41-42(2,3)29-31-47(40,51-41)32-30-45(35,46)7/h35-38,40-41H,11-34H2,1-10H3/q+1/t35-,36+,37-,38+,40+,41+,44+,45-,46-,47+/m1/s1. The van der Waals surface area contributed by atoms with E-state index in [1.54, 1.807) is 0 Å². The Morgan fingerprint density at radius 2 is 1.27 bits per heavy atom. The molecule has 4 heteroatoms. The van der Waals surface area contributed by atoms with Gasteiger partial charge >= 0.3 is 5.97 Å². The minimum Gasteiger partial charge on any atom is -0.458 e. The van der Waals surface area contributed by atoms with Gasteiger partial charge in [-0.05, 0) is 116 Å². The summed E-state index contributed by atoms with van der Waals surface area (Å²) in [5.74, 6) is 2.99. The quantitative estimate of drug-likeness (QED) is 0.0909. The molecule has 2 saturated heterocycles. The van der Waals surface area contributed by atoms with Crippen LogP contribution in [-0.4, -0.2) is 55.4 Å². The van der Waals surface area contributed by atoms with Crippen LogP contribution < -0.4 is 0 Å². The second kappa shape index (κ2) is 14.8. The van der Waals surface area contributed by atoms with Gasteiger partial charge in [0.25, 0.3) is 0 Å². The lowest BCUT2D eigenvalue weighted by Gasteiger charge is -2.77. The summed E-state index contributed by atoms with van der Waals surface area (Å²) >= 11 is 0. The summed E-state index contributed by atoms with van der Waals surface area (Å²) in [6.45, 7) is 21.9. The molecule has 4 aliphatic carbocycles. The van der Waals surface area contributed by atoms with Gasteiger partial charge in [0.2, 0.25) is 0 Å². The van der Waals surface area contributed by atoms with Crippen LogP contribution in [0, 0.1) is 50.7 Å². The average molecular weight is 711 g/mol. The van der Waals surface area contributed by atoms with Crippen LogP contribution in [0.4, 0.5) is 0 Å². The number of fused-ring (bicyclic) bond motifs is 8. The van der Waals surface area contributed by atoms with E-state index in [2.05, 4.69) is 69.5 Å². The summed E-state index contributed by atoms with van der Waals surface area (Å²) in [5.41, 5.74) is 1.64. The molecule has 0 radical (unpaired) electrons. The first-order valence-corrected chi connectivity index (χ1v) is 22.7. The number of hydrogen-bond acceptors (Lipinski definition) is 3. The van der Waals surface area contributed by atoms with E-state index in [4.69, 9.17) is 9.47 Å². The van der Waals surface area contributed by atoms with E-state index in [0.29, 0.717) is 40.2 Å². The summed E-state index contributed by atoms with van der Waals surface area (Å²) in [4.78, 5) is 13.6. The van der Waals surface area contributed by atoms with E-state index in [-0.39, 0.29) is 23.1 Å². The fraction of sp³-hybridized carbons (Fsp3) is 0.979. The number of carbonyl (C=O) groups is 1. The van der Waals surface area contributed by atoms with Crippen molar-refractivity contribution in [1.29, 1.82) is 0 Å². The predicted molar refractivity (Wildman–Crippen MR) is 212 cm³/mol. The van der Waals surface area contributed by atoms with Crippen molar-refractivity contribution in [2.45, 2.75) is 214 Å². The van der Waals surface area contributed by atoms with Crippen molar-refractivity contribution < 1.29 is 18.8 Å². The molecule has 2 heterocycles. The van der Waals surface area contributed by atoms with Crippen LogP contribution >= 0.6 is 0 Å². The van der Waals surface area contributed by atoms with Gasteiger partial charge in [0, 0.05) is 11.3 Å². The summed E-state index contributed by atoms with van der Waals surface area (Å²) in [6, 6.07) is 0. The highest BCUT2D eigenvalue weighted by atomic mass is 16.5. The van der Waals surface area contributed by atoms with Crippen LogP contribution in [-0.2, 0) is 14.3 Å². The summed E-state index contributed by atoms with van der Waals surface area (Å²) in [7, 11) is 4.47. The number of hydrogen-bond donors (Lipinski definition) is 0. The van der Waals surface area contributed by atoms with E-state index in [1.165, 1.54) is 135 Å². The first kappa shape index (κ1) is 40.1. The van der Waals surface area contributed by atoms with Crippen molar-refractivity contribution in [3.05, 3.63) is 0 Å². The lowest BCUT2D eigenvalue weighted by molar-refractivity contribution is -0.883. The van der Waals surface area contributed by atoms with E-state index in [1.807, 2.05) is 0 Å². The zero-order chi connectivity index (χ0) is 36.9. The molecule has 6 aliphatic rings. The molecule has 0 N–H and O–H groups in total. The van der Waals surface area contributed by atoms with Crippen LogP contribution in [0.15, 0.2) is 0 Å². The number of quaternary nitrogens is 1. The number of rotatable bonds is 16. The number of carbonyl (C=O) groups excluding carboxylic acids is 1. The van der Waals surface area contributed by atoms with Crippen LogP contribution in [0.25, 0.3) is 0 Å². The third kappa shape index (κ3) is 7.17. The molecule has 6 fully saturated rings. The Hall–Kier alpha value is -0.610. The molecule has 0 amide bonds. The minimum absolute atomic E-state index is 0.00782. The van der Waals surface area contributed by atoms with Gasteiger partial charge in [0.05, 0.1) is 32.3 Å². The highest BCUT2D eigenvalue weighted by molar-refractivity contribution is 5.70. The maximum Gasteiger partial charge on any atom is 0.362 e. The summed E-state index contributed by atoms with van der Waals surface area (Å²) in [5, 5.41) is 0. The Kier molecular flexibility index (Phi) is 11.6. The lowest BCUT2D eigenvalue weighted by Crippen LogP contribution is -2.77. The Balaban J connectivity index is 0.991. The topological polar surface area (TPSA) is 35.5 Å². The zero-order valence-corrected chi connectivity index (χ0v) is 35.6. The van der Waals surface area contributed by atoms with Crippen molar-refractivity contribution in [3.8, 4) is 0 Å². The maximum atomic E-state index is 13.6. The van der Waals surface area contributed by atoms with Gasteiger partial charge in [0.15, 0.2) is 6.54 Å². The fourth-order valence-electron chi connectivity index (χ4n) is 14.8. The van der Waals surface area contributed by atoms with Gasteiger partial charge in [-0.15, -0.1) is 0 Å². The molecule has 0 unspecified atom stereocenters. The molecule has 0 aromatic rings. The molecule has 2 bridgehead atoms. The Morgan fingerprint density at radius 1 is 0.667 bits per heavy atom. The highest BCUT2D eigenvalue weighted by Crippen LogP contribution is 2.78. The molecular weight excluding hydrogens is 627 g/mol. The minimum atomic E-state index is 0.00782. The van der Waals surface area contributed by atoms with Crippen molar-refractivity contribution in [2.24, 2.45) is 50.7 Å². The molecule has 1 spiro atoms. The van der Waals surface area contributed by atoms with Crippen molar-refractivity contribution in [2.75, 3.05) is 27.2 Å². The number of unbranched alkanes of at least 4 members (excludes halogenated alkanes) is 11. The zero-order valence-electron chi connectivity index (χ0n) is 35.6. The predicted octanol–water partition coefficient (Wildman–Crippen LogP) is 12.3. The van der Waals surface area contributed by atoms with E-state index < -0.39 is 0 Å². The molecule has 0 aromatic carbocycles. The van der Waals surface area contributed by atoms with Gasteiger partial charge in [-0.25, -0.2) is 4.79 Å². The molecule has 294 valence electrons. The van der Waals surface area contributed by atoms with Gasteiger partial charge < -0.3 is 14.0 Å². The van der Waals surface area contributed by atoms with Gasteiger partial charge in [-0.2, -0.15) is 0 Å². The van der Waals surface area contributed by atoms with Crippen LogP contribution in [0.1, 0.15) is 197 Å². The lowest BCUT2D eigenvalue weighted by atomic mass is 9.31. The van der Waals surface area contributed by atoms with Crippen molar-refractivity contribution in [3.63, 3.8) is 0 Å². The number of esters is 1. The third-order valence-electron chi connectivity index (χ3n) is 18.1. The molecule has 4 saturated carbocycles. The van der Waals surface area contributed by atoms with Crippen LogP contribution in [0.3, 0.4) is 0 Å². The molecule has 6 rings (SSSR count). The van der Waals surface area contributed by atoms with E-state index in [0.717, 1.165) is 35.2 Å². The molecule has 0 aromatic heterocycles. The smallest absolute Gasteiger partial charge is 0.362 e. The van der Waals surface area contributed by atoms with Crippen molar-refractivity contribution in [1.82, 2.24) is 0 Å². The Bertz CT molecular complexity index is 1200. The van der Waals surface area contributed by atoms with Gasteiger partial charge in [-0.1, -0.05) is 120 Å². The van der Waals surface area contributed by atoms with Gasteiger partial charge in [0.1, 0.15) is 6.10 Å². The first-order chi connectivity index (χ1) is 24.0. The molecular formula is C47H84NO3+. The highest BCUT2D eigenvalue weighted by Gasteiger charge is 2.75. The van der Waals surface area contributed by atoms with E-state index in [9.17, 15) is 4.79 Å². The number of likely N-dealkylation sites (N-methyl/N-ethyl adjacent to an activating group) is 1. The molecule has 10 atom stereocenters. The number of nitrogens with zero attached hydrogens (tertiary/aromatic N) is 1. The summed E-state index contributed by atoms with van der Waals surface area (Å²) < 4.78 is 14.2. The molecule has 51 heavy (non-hydrogen) atoms. The second-order valence-electron chi connectivity index (χ2n) is 22.3. The monoisotopic (exact) mass is 711 g/mol. The largest absolute Gasteiger partial charge is 0.458 e. The van der Waals surface area contributed by atoms with Crippen molar-refractivity contribution >= 4 is 5.97 Å². The summed E-state index contributed by atoms with van der Waals surface area (Å²) in [6.07, 6.45) is 29.9. The Morgan fingerprint density at radius 3 is 1.90 bits per heavy atom. The second-order valence-corrected chi connectivity index (χ2v) is 22.3. The fourth-order valence-corrected chi connectivity index (χ4v) is 14.8. The molecule has 2 aliphatic heterocycles. The average Bonchev–Trinajstić information content (AvgIpc) is 3.03. The van der Waals surface area contributed by atoms with Crippen LogP contribution in [0.5, 0.6) is 0 Å². The van der Waals surface area contributed by atoms with Crippen LogP contribution in [0.2, 0.25) is 0 Å². The first-order valence-electron chi connectivity index (χ1n) is 22.7. The SMILES string of the molecule is CCCCCCCCCCCCCC[N+](C)(C)CC(=O)O[C@H]1CC[C@]2(C)[C@H]3CC[C@@H]4[C@H]5[C@@H]6O[C@@]5(CCC6(C)C)CC[C@@]4(C)[C@]3(C)CC[C@H]2C1(C)C. The normalized spacial score (nSPS) is 42.1. The molecule has 4 nitrogen and oxygen atoms in total. The Labute approximate surface area is 316 Å².